The molecule has 118 valence electrons. The summed E-state index contributed by atoms with van der Waals surface area (Å²) in [4.78, 5) is 9.35. The summed E-state index contributed by atoms with van der Waals surface area (Å²) in [6.07, 6.45) is 6.15. The molecule has 0 saturated heterocycles. The van der Waals surface area contributed by atoms with Crippen LogP contribution in [0.15, 0.2) is 6.20 Å². The lowest BCUT2D eigenvalue weighted by molar-refractivity contribution is -0.0949. The molecule has 21 heavy (non-hydrogen) atoms. The molecule has 0 amide bonds. The van der Waals surface area contributed by atoms with Gasteiger partial charge in [-0.1, -0.05) is 13.8 Å². The number of hydrogen-bond donors (Lipinski definition) is 1. The molecule has 1 atom stereocenters. The van der Waals surface area contributed by atoms with Gasteiger partial charge in [0.1, 0.15) is 5.60 Å². The minimum atomic E-state index is -0.314. The summed E-state index contributed by atoms with van der Waals surface area (Å²) < 4.78 is 6.15. The first-order valence-electron chi connectivity index (χ1n) is 8.03. The minimum Gasteiger partial charge on any atom is -0.367 e. The van der Waals surface area contributed by atoms with Crippen molar-refractivity contribution in [3.63, 3.8) is 0 Å². The van der Waals surface area contributed by atoms with Crippen molar-refractivity contribution in [2.45, 2.75) is 71.9 Å². The maximum absolute atomic E-state index is 6.15. The van der Waals surface area contributed by atoms with Gasteiger partial charge in [-0.05, 0) is 51.9 Å². The van der Waals surface area contributed by atoms with Crippen LogP contribution < -0.4 is 5.73 Å². The summed E-state index contributed by atoms with van der Waals surface area (Å²) in [5, 5.41) is 0. The zero-order valence-corrected chi connectivity index (χ0v) is 14.1. The van der Waals surface area contributed by atoms with Crippen LogP contribution in [0.3, 0.4) is 0 Å². The SMILES string of the molecule is CCOC1(c2ncc([C@H](C)N)c(C)n2)CCC(C)(C)CC1. The molecule has 2 rings (SSSR count). The second-order valence-electron chi connectivity index (χ2n) is 7.11. The van der Waals surface area contributed by atoms with E-state index in [4.69, 9.17) is 15.5 Å². The van der Waals surface area contributed by atoms with Gasteiger partial charge in [0.2, 0.25) is 0 Å². The van der Waals surface area contributed by atoms with Crippen LogP contribution in [0.4, 0.5) is 0 Å². The molecule has 1 heterocycles. The van der Waals surface area contributed by atoms with Crippen molar-refractivity contribution in [1.29, 1.82) is 0 Å². The Kier molecular flexibility index (Phi) is 4.69. The Morgan fingerprint density at radius 1 is 1.29 bits per heavy atom. The highest BCUT2D eigenvalue weighted by atomic mass is 16.5. The lowest BCUT2D eigenvalue weighted by Crippen LogP contribution is -2.39. The van der Waals surface area contributed by atoms with Gasteiger partial charge in [-0.3, -0.25) is 0 Å². The Morgan fingerprint density at radius 2 is 1.90 bits per heavy atom. The van der Waals surface area contributed by atoms with E-state index in [1.54, 1.807) is 0 Å². The lowest BCUT2D eigenvalue weighted by Gasteiger charge is -2.42. The van der Waals surface area contributed by atoms with Gasteiger partial charge in [0.25, 0.3) is 0 Å². The van der Waals surface area contributed by atoms with E-state index < -0.39 is 0 Å². The second kappa shape index (κ2) is 6.01. The first-order valence-corrected chi connectivity index (χ1v) is 8.03. The molecule has 1 aliphatic carbocycles. The highest BCUT2D eigenvalue weighted by Gasteiger charge is 2.42. The number of ether oxygens (including phenoxy) is 1. The van der Waals surface area contributed by atoms with Gasteiger partial charge in [-0.15, -0.1) is 0 Å². The molecule has 0 aliphatic heterocycles. The molecule has 1 aromatic rings. The molecule has 0 aromatic carbocycles. The standard InChI is InChI=1S/C17H29N3O/c1-6-21-17(9-7-16(4,5)8-10-17)15-19-11-14(12(2)18)13(3)20-15/h11-12H,6-10,18H2,1-5H3/t12-/m0/s1. The van der Waals surface area contributed by atoms with Crippen LogP contribution in [-0.2, 0) is 10.3 Å². The van der Waals surface area contributed by atoms with E-state index in [0.29, 0.717) is 12.0 Å². The highest BCUT2D eigenvalue weighted by Crippen LogP contribution is 2.46. The zero-order valence-electron chi connectivity index (χ0n) is 14.1. The first-order chi connectivity index (χ1) is 9.80. The lowest BCUT2D eigenvalue weighted by atomic mass is 9.70. The summed E-state index contributed by atoms with van der Waals surface area (Å²) in [6, 6.07) is -0.0348. The van der Waals surface area contributed by atoms with Gasteiger partial charge < -0.3 is 10.5 Å². The molecule has 4 nitrogen and oxygen atoms in total. The number of aryl methyl sites for hydroxylation is 1. The monoisotopic (exact) mass is 291 g/mol. The van der Waals surface area contributed by atoms with Crippen LogP contribution in [0, 0.1) is 12.3 Å². The molecule has 1 aliphatic rings. The van der Waals surface area contributed by atoms with Crippen LogP contribution in [0.2, 0.25) is 0 Å². The van der Waals surface area contributed by atoms with E-state index in [2.05, 4.69) is 18.8 Å². The van der Waals surface area contributed by atoms with Gasteiger partial charge >= 0.3 is 0 Å². The molecule has 0 spiro atoms. The number of nitrogens with zero attached hydrogens (tertiary/aromatic N) is 2. The van der Waals surface area contributed by atoms with Crippen LogP contribution in [0.5, 0.6) is 0 Å². The van der Waals surface area contributed by atoms with E-state index in [1.807, 2.05) is 27.0 Å². The van der Waals surface area contributed by atoms with Crippen molar-refractivity contribution in [3.05, 3.63) is 23.3 Å². The third-order valence-electron chi connectivity index (χ3n) is 4.75. The van der Waals surface area contributed by atoms with Crippen molar-refractivity contribution in [1.82, 2.24) is 9.97 Å². The molecule has 1 fully saturated rings. The largest absolute Gasteiger partial charge is 0.367 e. The fourth-order valence-electron chi connectivity index (χ4n) is 3.18. The first kappa shape index (κ1) is 16.4. The topological polar surface area (TPSA) is 61.0 Å². The number of aromatic nitrogens is 2. The highest BCUT2D eigenvalue weighted by molar-refractivity contribution is 5.21. The van der Waals surface area contributed by atoms with E-state index in [0.717, 1.165) is 42.8 Å². The molecule has 0 radical (unpaired) electrons. The zero-order chi connectivity index (χ0) is 15.7. The van der Waals surface area contributed by atoms with Crippen molar-refractivity contribution in [3.8, 4) is 0 Å². The Labute approximate surface area is 128 Å². The predicted molar refractivity (Wildman–Crippen MR) is 84.9 cm³/mol. The predicted octanol–water partition coefficient (Wildman–Crippen LogP) is 3.64. The van der Waals surface area contributed by atoms with E-state index in [9.17, 15) is 0 Å². The van der Waals surface area contributed by atoms with E-state index in [1.165, 1.54) is 0 Å². The van der Waals surface area contributed by atoms with Crippen molar-refractivity contribution < 1.29 is 4.74 Å². The van der Waals surface area contributed by atoms with Crippen LogP contribution in [0.1, 0.15) is 76.5 Å². The quantitative estimate of drug-likeness (QED) is 0.920. The van der Waals surface area contributed by atoms with E-state index >= 15 is 0 Å². The summed E-state index contributed by atoms with van der Waals surface area (Å²) in [6.45, 7) is 11.4. The average Bonchev–Trinajstić information content (AvgIpc) is 2.41. The molecule has 1 aromatic heterocycles. The van der Waals surface area contributed by atoms with Crippen LogP contribution in [0.25, 0.3) is 0 Å². The summed E-state index contributed by atoms with van der Waals surface area (Å²) in [7, 11) is 0. The summed E-state index contributed by atoms with van der Waals surface area (Å²) in [5.74, 6) is 0.835. The van der Waals surface area contributed by atoms with Gasteiger partial charge in [0.05, 0.1) is 0 Å². The molecular weight excluding hydrogens is 262 g/mol. The summed E-state index contributed by atoms with van der Waals surface area (Å²) >= 11 is 0. The summed E-state index contributed by atoms with van der Waals surface area (Å²) in [5.41, 5.74) is 8.02. The molecule has 0 unspecified atom stereocenters. The maximum atomic E-state index is 6.15. The Morgan fingerprint density at radius 3 is 2.38 bits per heavy atom. The minimum absolute atomic E-state index is 0.0348. The molecule has 4 heteroatoms. The number of hydrogen-bond acceptors (Lipinski definition) is 4. The van der Waals surface area contributed by atoms with Crippen molar-refractivity contribution >= 4 is 0 Å². The van der Waals surface area contributed by atoms with Crippen molar-refractivity contribution in [2.75, 3.05) is 6.61 Å². The normalized spacial score (nSPS) is 22.0. The maximum Gasteiger partial charge on any atom is 0.160 e. The Bertz CT molecular complexity index is 487. The third kappa shape index (κ3) is 3.43. The fourth-order valence-corrected chi connectivity index (χ4v) is 3.18. The number of rotatable bonds is 4. The van der Waals surface area contributed by atoms with Gasteiger partial charge in [-0.2, -0.15) is 0 Å². The molecule has 1 saturated carbocycles. The Balaban J connectivity index is 2.33. The van der Waals surface area contributed by atoms with Gasteiger partial charge in [-0.25, -0.2) is 9.97 Å². The third-order valence-corrected chi connectivity index (χ3v) is 4.75. The average molecular weight is 291 g/mol. The van der Waals surface area contributed by atoms with Crippen LogP contribution >= 0.6 is 0 Å². The Hall–Kier alpha value is -1.00. The molecule has 0 bridgehead atoms. The smallest absolute Gasteiger partial charge is 0.160 e. The fraction of sp³-hybridized carbons (Fsp3) is 0.765. The molecule has 2 N–H and O–H groups in total. The van der Waals surface area contributed by atoms with Gasteiger partial charge in [0.15, 0.2) is 5.82 Å². The van der Waals surface area contributed by atoms with E-state index in [-0.39, 0.29) is 11.6 Å². The van der Waals surface area contributed by atoms with Crippen molar-refractivity contribution in [2.24, 2.45) is 11.1 Å². The molecular formula is C17H29N3O. The van der Waals surface area contributed by atoms with Crippen LogP contribution in [-0.4, -0.2) is 16.6 Å². The second-order valence-corrected chi connectivity index (χ2v) is 7.11. The number of nitrogens with two attached hydrogens (primary N) is 1. The van der Waals surface area contributed by atoms with Gasteiger partial charge in [0, 0.05) is 30.1 Å².